The summed E-state index contributed by atoms with van der Waals surface area (Å²) in [6.07, 6.45) is -3.68. The minimum absolute atomic E-state index is 0.0537. The lowest BCUT2D eigenvalue weighted by atomic mass is 10.0. The third-order valence-corrected chi connectivity index (χ3v) is 6.82. The van der Waals surface area contributed by atoms with Crippen molar-refractivity contribution in [3.8, 4) is 5.75 Å². The first-order valence-electron chi connectivity index (χ1n) is 12.3. The molecule has 36 heavy (non-hydrogen) atoms. The van der Waals surface area contributed by atoms with E-state index in [1.807, 2.05) is 0 Å². The van der Waals surface area contributed by atoms with Crippen LogP contribution in [-0.2, 0) is 23.4 Å². The van der Waals surface area contributed by atoms with Crippen LogP contribution in [0, 0.1) is 12.8 Å². The lowest BCUT2D eigenvalue weighted by Crippen LogP contribution is -2.37. The van der Waals surface area contributed by atoms with Crippen molar-refractivity contribution in [2.75, 3.05) is 6.56 Å². The van der Waals surface area contributed by atoms with Crippen molar-refractivity contribution in [1.82, 2.24) is 14.6 Å². The minimum Gasteiger partial charge on any atom is -0.462 e. The predicted molar refractivity (Wildman–Crippen MR) is 130 cm³/mol. The van der Waals surface area contributed by atoms with Gasteiger partial charge in [-0.25, -0.2) is 9.36 Å². The number of carbonyl (C=O) groups is 1. The molecule has 1 aromatic carbocycles. The molecule has 1 aromatic heterocycles. The summed E-state index contributed by atoms with van der Waals surface area (Å²) >= 11 is 0. The maximum atomic E-state index is 13.8. The van der Waals surface area contributed by atoms with Gasteiger partial charge in [0, 0.05) is 17.7 Å². The third kappa shape index (κ3) is 6.71. The molecule has 3 N–H and O–H groups in total. The summed E-state index contributed by atoms with van der Waals surface area (Å²) in [7, 11) is -4.66. The van der Waals surface area contributed by atoms with Crippen LogP contribution >= 0.6 is 7.75 Å². The Kier molecular flexibility index (Phi) is 7.98. The van der Waals surface area contributed by atoms with Crippen LogP contribution in [0.15, 0.2) is 46.1 Å². The van der Waals surface area contributed by atoms with Crippen LogP contribution in [0.25, 0.3) is 0 Å². The van der Waals surface area contributed by atoms with Crippen molar-refractivity contribution >= 4 is 13.7 Å². The fraction of sp³-hybridized carbons (Fsp3) is 0.522. The van der Waals surface area contributed by atoms with Gasteiger partial charge in [0.15, 0.2) is 0 Å². The quantitative estimate of drug-likeness (QED) is 0.308. The number of hydrogen-bond acceptors (Lipinski definition) is 9. The number of aromatic amines is 1. The lowest BCUT2D eigenvalue weighted by Gasteiger charge is -2.25. The van der Waals surface area contributed by atoms with Gasteiger partial charge >= 0.3 is 19.4 Å². The third-order valence-electron chi connectivity index (χ3n) is 5.32. The molecular formula is C23H32N3O9P. The average Bonchev–Trinajstić information content (AvgIpc) is 3.11. The first-order chi connectivity index (χ1) is 17.6. The van der Waals surface area contributed by atoms with Crippen molar-refractivity contribution in [2.45, 2.75) is 65.2 Å². The zero-order valence-corrected chi connectivity index (χ0v) is 21.4. The standard InChI is InChI=1S/C23H32N3O9P/c1-13(2)33-22(29)16(5)25-36(31,35-17-9-7-6-8-10-17)32-12-18-19(27)15(4)21(34-18)26-11-14(3)20(28)24-23(26)30/h6-11,13,15-16,18-19,21,27H,12H2,1-5H3,(H,25,31)(H,24,28,30)/t15-,16+,18+,19?,21+,36?/m1/s1/i12D2. The molecule has 0 saturated carbocycles. The van der Waals surface area contributed by atoms with E-state index in [-0.39, 0.29) is 11.3 Å². The number of rotatable bonds is 10. The van der Waals surface area contributed by atoms with Gasteiger partial charge in [-0.2, -0.15) is 5.09 Å². The Hall–Kier alpha value is -2.76. The van der Waals surface area contributed by atoms with Gasteiger partial charge < -0.3 is 19.1 Å². The maximum Gasteiger partial charge on any atom is 0.459 e. The van der Waals surface area contributed by atoms with E-state index in [0.717, 1.165) is 4.57 Å². The van der Waals surface area contributed by atoms with Gasteiger partial charge in [-0.15, -0.1) is 0 Å². The van der Waals surface area contributed by atoms with Gasteiger partial charge in [-0.3, -0.25) is 23.7 Å². The zero-order valence-electron chi connectivity index (χ0n) is 22.5. The van der Waals surface area contributed by atoms with Crippen LogP contribution in [-0.4, -0.2) is 51.5 Å². The summed E-state index contributed by atoms with van der Waals surface area (Å²) < 4.78 is 53.5. The number of aromatic nitrogens is 2. The van der Waals surface area contributed by atoms with Crippen LogP contribution in [0.5, 0.6) is 5.75 Å². The van der Waals surface area contributed by atoms with Gasteiger partial charge in [0.2, 0.25) is 0 Å². The van der Waals surface area contributed by atoms with E-state index in [0.29, 0.717) is 0 Å². The second-order valence-corrected chi connectivity index (χ2v) is 10.3. The molecule has 1 saturated heterocycles. The van der Waals surface area contributed by atoms with Crippen molar-refractivity contribution in [2.24, 2.45) is 5.92 Å². The summed E-state index contributed by atoms with van der Waals surface area (Å²) in [4.78, 5) is 38.6. The Morgan fingerprint density at radius 3 is 2.61 bits per heavy atom. The number of H-pyrrole nitrogens is 1. The Labute approximate surface area is 210 Å². The molecule has 3 rings (SSSR count). The van der Waals surface area contributed by atoms with Crippen LogP contribution in [0.2, 0.25) is 0 Å². The van der Waals surface area contributed by atoms with Crippen molar-refractivity contribution in [3.63, 3.8) is 0 Å². The Morgan fingerprint density at radius 2 is 1.97 bits per heavy atom. The number of nitrogens with zero attached hydrogens (tertiary/aromatic N) is 1. The molecule has 6 atom stereocenters. The highest BCUT2D eigenvalue weighted by atomic mass is 31.2. The molecule has 1 fully saturated rings. The zero-order chi connectivity index (χ0) is 28.4. The lowest BCUT2D eigenvalue weighted by molar-refractivity contribution is -0.149. The highest BCUT2D eigenvalue weighted by Crippen LogP contribution is 2.46. The average molecular weight is 528 g/mol. The molecule has 12 nitrogen and oxygen atoms in total. The van der Waals surface area contributed by atoms with E-state index in [9.17, 15) is 24.1 Å². The Bertz CT molecular complexity index is 1300. The number of ether oxygens (including phenoxy) is 2. The highest BCUT2D eigenvalue weighted by molar-refractivity contribution is 7.52. The monoisotopic (exact) mass is 527 g/mol. The first kappa shape index (κ1) is 24.9. The minimum atomic E-state index is -4.66. The molecule has 2 unspecified atom stereocenters. The van der Waals surface area contributed by atoms with E-state index in [1.54, 1.807) is 32.0 Å². The molecule has 0 aliphatic carbocycles. The second-order valence-electron chi connectivity index (χ2n) is 8.72. The molecule has 2 heterocycles. The van der Waals surface area contributed by atoms with Crippen LogP contribution < -0.4 is 20.9 Å². The largest absolute Gasteiger partial charge is 0.462 e. The van der Waals surface area contributed by atoms with Crippen LogP contribution in [0.3, 0.4) is 0 Å². The molecule has 2 aromatic rings. The number of hydrogen-bond donors (Lipinski definition) is 3. The number of aliphatic hydroxyl groups is 1. The van der Waals surface area contributed by atoms with Gasteiger partial charge in [-0.1, -0.05) is 25.1 Å². The number of aliphatic hydroxyl groups excluding tert-OH is 1. The Balaban J connectivity index is 1.90. The summed E-state index contributed by atoms with van der Waals surface area (Å²) in [6, 6.07) is 6.53. The number of para-hydroxylation sites is 1. The van der Waals surface area contributed by atoms with E-state index in [1.165, 1.54) is 39.1 Å². The van der Waals surface area contributed by atoms with Crippen molar-refractivity contribution in [3.05, 3.63) is 62.9 Å². The number of nitrogens with one attached hydrogen (secondary N) is 2. The highest BCUT2D eigenvalue weighted by Gasteiger charge is 2.44. The molecule has 0 bridgehead atoms. The summed E-state index contributed by atoms with van der Waals surface area (Å²) in [5.41, 5.74) is -1.21. The maximum absolute atomic E-state index is 13.8. The Morgan fingerprint density at radius 1 is 1.31 bits per heavy atom. The normalized spacial score (nSPS) is 25.5. The molecular weight excluding hydrogens is 493 g/mol. The van der Waals surface area contributed by atoms with E-state index in [4.69, 9.17) is 21.3 Å². The molecule has 1 aliphatic rings. The van der Waals surface area contributed by atoms with Gasteiger partial charge in [-0.05, 0) is 39.8 Å². The summed E-state index contributed by atoms with van der Waals surface area (Å²) in [5, 5.41) is 13.2. The number of aryl methyl sites for hydroxylation is 1. The van der Waals surface area contributed by atoms with Crippen molar-refractivity contribution in [1.29, 1.82) is 0 Å². The smallest absolute Gasteiger partial charge is 0.459 e. The first-order valence-corrected chi connectivity index (χ1v) is 12.9. The fourth-order valence-corrected chi connectivity index (χ4v) is 4.79. The number of esters is 1. The van der Waals surface area contributed by atoms with E-state index in [2.05, 4.69) is 10.1 Å². The van der Waals surface area contributed by atoms with Gasteiger partial charge in [0.05, 0.1) is 21.5 Å². The second kappa shape index (κ2) is 11.5. The summed E-state index contributed by atoms with van der Waals surface area (Å²) in [6.45, 7) is 4.63. The number of carbonyl (C=O) groups excluding carboxylic acids is 1. The topological polar surface area (TPSA) is 158 Å². The van der Waals surface area contributed by atoms with E-state index >= 15 is 0 Å². The van der Waals surface area contributed by atoms with Gasteiger partial charge in [0.25, 0.3) is 5.56 Å². The van der Waals surface area contributed by atoms with E-state index < -0.39 is 68.0 Å². The SMILES string of the molecule is [2H]C([2H])(OP(=O)(N[C@@H](C)C(=O)OC(C)C)Oc1ccccc1)[C@@H]1O[C@H](n2cc(C)c(=O)[nH]c2=O)[C@H](C)C1O. The molecule has 0 spiro atoms. The van der Waals surface area contributed by atoms with Crippen LogP contribution in [0.4, 0.5) is 0 Å². The molecule has 0 radical (unpaired) electrons. The van der Waals surface area contributed by atoms with Crippen LogP contribution in [0.1, 0.15) is 42.2 Å². The molecule has 1 aliphatic heterocycles. The van der Waals surface area contributed by atoms with Gasteiger partial charge in [0.1, 0.15) is 24.1 Å². The molecule has 198 valence electrons. The predicted octanol–water partition coefficient (Wildman–Crippen LogP) is 1.87. The summed E-state index contributed by atoms with van der Waals surface area (Å²) in [5.74, 6) is -1.57. The molecule has 0 amide bonds. The molecule has 13 heteroatoms. The number of benzene rings is 1. The fourth-order valence-electron chi connectivity index (χ4n) is 3.43. The van der Waals surface area contributed by atoms with Crippen molar-refractivity contribution < 1.29 is 35.7 Å².